The monoisotopic (exact) mass is 260 g/mol. The third-order valence-corrected chi connectivity index (χ3v) is 3.70. The molecule has 1 heterocycles. The van der Waals surface area contributed by atoms with Gasteiger partial charge in [-0.25, -0.2) is 4.98 Å². The summed E-state index contributed by atoms with van der Waals surface area (Å²) in [6.45, 7) is 0.458. The molecule has 3 rings (SSSR count). The third-order valence-electron chi connectivity index (χ3n) is 3.70. The van der Waals surface area contributed by atoms with Crippen molar-refractivity contribution in [2.24, 2.45) is 0 Å². The van der Waals surface area contributed by atoms with Gasteiger partial charge >= 0.3 is 0 Å². The van der Waals surface area contributed by atoms with E-state index in [1.165, 1.54) is 25.7 Å². The van der Waals surface area contributed by atoms with Crippen LogP contribution in [0.5, 0.6) is 0 Å². The van der Waals surface area contributed by atoms with Gasteiger partial charge < -0.3 is 14.9 Å². The van der Waals surface area contributed by atoms with Crippen molar-refractivity contribution in [3.8, 4) is 0 Å². The van der Waals surface area contributed by atoms with Gasteiger partial charge in [-0.15, -0.1) is 0 Å². The van der Waals surface area contributed by atoms with E-state index < -0.39 is 0 Å². The van der Waals surface area contributed by atoms with Crippen LogP contribution in [0.3, 0.4) is 0 Å². The lowest BCUT2D eigenvalue weighted by molar-refractivity contribution is 0.0203. The third kappa shape index (κ3) is 3.07. The summed E-state index contributed by atoms with van der Waals surface area (Å²) in [5, 5.41) is 0. The minimum absolute atomic E-state index is 0.364. The van der Waals surface area contributed by atoms with Gasteiger partial charge in [-0.05, 0) is 25.0 Å². The number of ether oxygens (including phenoxy) is 1. The lowest BCUT2D eigenvalue weighted by atomic mass is 10.1. The summed E-state index contributed by atoms with van der Waals surface area (Å²) in [6.07, 6.45) is 7.90. The molecule has 102 valence electrons. The van der Waals surface area contributed by atoms with Gasteiger partial charge in [-0.3, -0.25) is 0 Å². The highest BCUT2D eigenvalue weighted by Crippen LogP contribution is 2.22. The second-order valence-corrected chi connectivity index (χ2v) is 5.26. The summed E-state index contributed by atoms with van der Waals surface area (Å²) in [5.74, 6) is 0.643. The van der Waals surface area contributed by atoms with E-state index >= 15 is 0 Å². The van der Waals surface area contributed by atoms with E-state index in [0.717, 1.165) is 23.9 Å². The number of nitrogens with zero attached hydrogens (tertiary/aromatic N) is 1. The Balaban J connectivity index is 1.64. The minimum atomic E-state index is 0.364. The fourth-order valence-corrected chi connectivity index (χ4v) is 2.65. The molecule has 1 aliphatic carbocycles. The standard InChI is InChI=1S/C15H20N2O2/c16-11-7-8-13-14(9-11)19-15(17-13)10-18-12-5-3-1-2-4-6-12/h7-9,12H,1-6,10,16H2. The molecule has 1 aromatic heterocycles. The highest BCUT2D eigenvalue weighted by atomic mass is 16.5. The molecule has 1 aromatic carbocycles. The summed E-state index contributed by atoms with van der Waals surface area (Å²) in [4.78, 5) is 4.41. The van der Waals surface area contributed by atoms with Crippen LogP contribution in [0.1, 0.15) is 44.4 Å². The van der Waals surface area contributed by atoms with E-state index in [-0.39, 0.29) is 0 Å². The molecule has 0 amide bonds. The summed E-state index contributed by atoms with van der Waals surface area (Å²) < 4.78 is 11.6. The summed E-state index contributed by atoms with van der Waals surface area (Å²) in [7, 11) is 0. The minimum Gasteiger partial charge on any atom is -0.438 e. The zero-order valence-corrected chi connectivity index (χ0v) is 11.1. The quantitative estimate of drug-likeness (QED) is 0.676. The Labute approximate surface area is 112 Å². The average molecular weight is 260 g/mol. The molecular weight excluding hydrogens is 240 g/mol. The van der Waals surface area contributed by atoms with Crippen LogP contribution in [0.25, 0.3) is 11.1 Å². The van der Waals surface area contributed by atoms with E-state index in [0.29, 0.717) is 24.3 Å². The summed E-state index contributed by atoms with van der Waals surface area (Å²) >= 11 is 0. The zero-order valence-electron chi connectivity index (χ0n) is 11.1. The Hall–Kier alpha value is -1.55. The largest absolute Gasteiger partial charge is 0.438 e. The molecule has 0 atom stereocenters. The zero-order chi connectivity index (χ0) is 13.1. The topological polar surface area (TPSA) is 61.3 Å². The molecule has 1 fully saturated rings. The lowest BCUT2D eigenvalue weighted by Crippen LogP contribution is -2.11. The first kappa shape index (κ1) is 12.5. The molecular formula is C15H20N2O2. The van der Waals surface area contributed by atoms with Crippen molar-refractivity contribution in [3.05, 3.63) is 24.1 Å². The molecule has 2 aromatic rings. The number of nitrogen functional groups attached to an aromatic ring is 1. The Bertz CT molecular complexity index is 542. The number of anilines is 1. The summed E-state index contributed by atoms with van der Waals surface area (Å²) in [5.41, 5.74) is 7.99. The van der Waals surface area contributed by atoms with E-state index in [4.69, 9.17) is 14.9 Å². The Morgan fingerprint density at radius 1 is 1.21 bits per heavy atom. The second-order valence-electron chi connectivity index (χ2n) is 5.26. The van der Waals surface area contributed by atoms with Gasteiger partial charge in [-0.1, -0.05) is 25.7 Å². The number of hydrogen-bond acceptors (Lipinski definition) is 4. The maximum absolute atomic E-state index is 5.92. The van der Waals surface area contributed by atoms with Crippen LogP contribution >= 0.6 is 0 Å². The van der Waals surface area contributed by atoms with Crippen molar-refractivity contribution in [3.63, 3.8) is 0 Å². The van der Waals surface area contributed by atoms with Crippen LogP contribution in [0, 0.1) is 0 Å². The molecule has 0 saturated heterocycles. The van der Waals surface area contributed by atoms with Crippen molar-refractivity contribution in [1.29, 1.82) is 0 Å². The van der Waals surface area contributed by atoms with Gasteiger partial charge in [0.25, 0.3) is 0 Å². The van der Waals surface area contributed by atoms with E-state index in [1.807, 2.05) is 12.1 Å². The van der Waals surface area contributed by atoms with Crippen LogP contribution in [-0.4, -0.2) is 11.1 Å². The van der Waals surface area contributed by atoms with Gasteiger partial charge in [-0.2, -0.15) is 0 Å². The van der Waals surface area contributed by atoms with E-state index in [9.17, 15) is 0 Å². The molecule has 1 aliphatic rings. The molecule has 0 radical (unpaired) electrons. The van der Waals surface area contributed by atoms with Gasteiger partial charge in [0, 0.05) is 11.8 Å². The van der Waals surface area contributed by atoms with Gasteiger partial charge in [0.2, 0.25) is 5.89 Å². The number of rotatable bonds is 3. The fraction of sp³-hybridized carbons (Fsp3) is 0.533. The maximum Gasteiger partial charge on any atom is 0.221 e. The highest BCUT2D eigenvalue weighted by molar-refractivity contribution is 5.76. The SMILES string of the molecule is Nc1ccc2nc(COC3CCCCCC3)oc2c1. The van der Waals surface area contributed by atoms with Crippen molar-refractivity contribution >= 4 is 16.8 Å². The van der Waals surface area contributed by atoms with Crippen LogP contribution in [0.2, 0.25) is 0 Å². The number of nitrogens with two attached hydrogens (primary N) is 1. The molecule has 1 saturated carbocycles. The molecule has 0 aliphatic heterocycles. The first-order chi connectivity index (χ1) is 9.31. The second kappa shape index (κ2) is 5.61. The van der Waals surface area contributed by atoms with Gasteiger partial charge in [0.15, 0.2) is 5.58 Å². The first-order valence-corrected chi connectivity index (χ1v) is 7.08. The fourth-order valence-electron chi connectivity index (χ4n) is 2.65. The van der Waals surface area contributed by atoms with E-state index in [1.54, 1.807) is 6.07 Å². The first-order valence-electron chi connectivity index (χ1n) is 7.08. The van der Waals surface area contributed by atoms with E-state index in [2.05, 4.69) is 4.98 Å². The average Bonchev–Trinajstić information content (AvgIpc) is 2.63. The Kier molecular flexibility index (Phi) is 3.69. The molecule has 0 unspecified atom stereocenters. The predicted molar refractivity (Wildman–Crippen MR) is 74.7 cm³/mol. The summed E-state index contributed by atoms with van der Waals surface area (Å²) in [6, 6.07) is 5.52. The predicted octanol–water partition coefficient (Wildman–Crippen LogP) is 3.65. The molecule has 4 heteroatoms. The van der Waals surface area contributed by atoms with Crippen molar-refractivity contribution in [1.82, 2.24) is 4.98 Å². The molecule has 0 bridgehead atoms. The van der Waals surface area contributed by atoms with Crippen LogP contribution in [0.15, 0.2) is 22.6 Å². The maximum atomic E-state index is 5.92. The number of fused-ring (bicyclic) bond motifs is 1. The number of hydrogen-bond donors (Lipinski definition) is 1. The normalized spacial score (nSPS) is 17.7. The Morgan fingerprint density at radius 3 is 2.79 bits per heavy atom. The van der Waals surface area contributed by atoms with Crippen molar-refractivity contribution < 1.29 is 9.15 Å². The van der Waals surface area contributed by atoms with Gasteiger partial charge in [0.1, 0.15) is 12.1 Å². The molecule has 2 N–H and O–H groups in total. The van der Waals surface area contributed by atoms with Crippen LogP contribution in [0.4, 0.5) is 5.69 Å². The van der Waals surface area contributed by atoms with Crippen molar-refractivity contribution in [2.45, 2.75) is 51.2 Å². The van der Waals surface area contributed by atoms with Gasteiger partial charge in [0.05, 0.1) is 6.10 Å². The van der Waals surface area contributed by atoms with Crippen LogP contribution < -0.4 is 5.73 Å². The number of oxazole rings is 1. The lowest BCUT2D eigenvalue weighted by Gasteiger charge is -2.13. The van der Waals surface area contributed by atoms with Crippen LogP contribution in [-0.2, 0) is 11.3 Å². The number of aromatic nitrogens is 1. The molecule has 19 heavy (non-hydrogen) atoms. The molecule has 0 spiro atoms. The highest BCUT2D eigenvalue weighted by Gasteiger charge is 2.14. The number of benzene rings is 1. The Morgan fingerprint density at radius 2 is 2.00 bits per heavy atom. The smallest absolute Gasteiger partial charge is 0.221 e. The molecule has 4 nitrogen and oxygen atoms in total. The van der Waals surface area contributed by atoms with Crippen molar-refractivity contribution in [2.75, 3.05) is 5.73 Å².